The van der Waals surface area contributed by atoms with E-state index in [1.807, 2.05) is 51.1 Å². The molecule has 0 radical (unpaired) electrons. The van der Waals surface area contributed by atoms with Crippen molar-refractivity contribution in [1.29, 1.82) is 0 Å². The Labute approximate surface area is 183 Å². The van der Waals surface area contributed by atoms with Crippen LogP contribution in [0.25, 0.3) is 0 Å². The molecule has 0 aliphatic rings. The van der Waals surface area contributed by atoms with Gasteiger partial charge in [0.2, 0.25) is 0 Å². The first-order chi connectivity index (χ1) is 14.8. The maximum Gasteiger partial charge on any atom is 0.412 e. The van der Waals surface area contributed by atoms with E-state index in [1.165, 1.54) is 7.11 Å². The van der Waals surface area contributed by atoms with Gasteiger partial charge in [0.25, 0.3) is 6.73 Å². The summed E-state index contributed by atoms with van der Waals surface area (Å²) in [5.74, 6) is -1.08. The van der Waals surface area contributed by atoms with Gasteiger partial charge in [-0.05, 0) is 30.9 Å². The Kier molecular flexibility index (Phi) is 9.18. The Morgan fingerprint density at radius 1 is 1.03 bits per heavy atom. The number of pyridine rings is 1. The molecule has 0 saturated heterocycles. The molecule has 7 nitrogen and oxygen atoms in total. The van der Waals surface area contributed by atoms with Crippen LogP contribution in [-0.4, -0.2) is 31.0 Å². The molecule has 0 aliphatic carbocycles. The van der Waals surface area contributed by atoms with Crippen LogP contribution >= 0.6 is 0 Å². The molecule has 166 valence electrons. The summed E-state index contributed by atoms with van der Waals surface area (Å²) in [5.41, 5.74) is 1.57. The molecule has 0 bridgehead atoms. The third-order valence-corrected chi connectivity index (χ3v) is 4.99. The lowest BCUT2D eigenvalue weighted by atomic mass is 9.89. The van der Waals surface area contributed by atoms with Crippen molar-refractivity contribution >= 4 is 17.8 Å². The van der Waals surface area contributed by atoms with Crippen LogP contribution in [0, 0.1) is 11.8 Å². The Balaban J connectivity index is 1.89. The van der Waals surface area contributed by atoms with Crippen molar-refractivity contribution in [2.75, 3.05) is 7.11 Å². The number of esters is 1. The lowest BCUT2D eigenvalue weighted by Gasteiger charge is -2.17. The average Bonchev–Trinajstić information content (AvgIpc) is 2.76. The fourth-order valence-electron chi connectivity index (χ4n) is 3.22. The molecule has 1 aromatic heterocycles. The number of ether oxygens (including phenoxy) is 2. The smallest absolute Gasteiger partial charge is 0.412 e. The maximum absolute atomic E-state index is 12.6. The number of benzene rings is 1. The SMILES string of the molecule is COC(=O)[C@@H](CC(=O)c1ccc[n+](COC(=O)N[C@@H](C)Cc2ccccc2)c1)C(C)C. The van der Waals surface area contributed by atoms with Gasteiger partial charge in [0.1, 0.15) is 0 Å². The largest absolute Gasteiger partial charge is 0.469 e. The molecule has 2 aromatic rings. The van der Waals surface area contributed by atoms with Gasteiger partial charge in [0, 0.05) is 18.5 Å². The highest BCUT2D eigenvalue weighted by Crippen LogP contribution is 2.19. The highest BCUT2D eigenvalue weighted by Gasteiger charge is 2.27. The van der Waals surface area contributed by atoms with Crippen molar-refractivity contribution in [2.24, 2.45) is 11.8 Å². The van der Waals surface area contributed by atoms with Gasteiger partial charge in [0.15, 0.2) is 18.2 Å². The molecule has 0 spiro atoms. The predicted molar refractivity (Wildman–Crippen MR) is 115 cm³/mol. The van der Waals surface area contributed by atoms with E-state index in [1.54, 1.807) is 29.1 Å². The second-order valence-electron chi connectivity index (χ2n) is 7.90. The van der Waals surface area contributed by atoms with Crippen LogP contribution in [-0.2, 0) is 27.4 Å². The number of nitrogens with one attached hydrogen (secondary N) is 1. The summed E-state index contributed by atoms with van der Waals surface area (Å²) in [5, 5.41) is 2.80. The summed E-state index contributed by atoms with van der Waals surface area (Å²) in [6, 6.07) is 13.2. The molecule has 0 unspecified atom stereocenters. The molecule has 1 amide bonds. The summed E-state index contributed by atoms with van der Waals surface area (Å²) < 4.78 is 11.7. The monoisotopic (exact) mass is 427 g/mol. The summed E-state index contributed by atoms with van der Waals surface area (Å²) in [6.07, 6.45) is 3.55. The minimum absolute atomic E-state index is 0.0165. The number of hydrogen-bond acceptors (Lipinski definition) is 5. The van der Waals surface area contributed by atoms with Gasteiger partial charge in [-0.1, -0.05) is 44.2 Å². The molecule has 2 rings (SSSR count). The number of aromatic nitrogens is 1. The van der Waals surface area contributed by atoms with Crippen LogP contribution < -0.4 is 9.88 Å². The van der Waals surface area contributed by atoms with E-state index in [-0.39, 0.29) is 30.9 Å². The molecule has 0 fully saturated rings. The topological polar surface area (TPSA) is 85.6 Å². The normalized spacial score (nSPS) is 12.7. The molecular weight excluding hydrogens is 396 g/mol. The average molecular weight is 428 g/mol. The zero-order valence-electron chi connectivity index (χ0n) is 18.5. The Hall–Kier alpha value is -3.22. The number of ketones is 1. The molecule has 31 heavy (non-hydrogen) atoms. The maximum atomic E-state index is 12.6. The third-order valence-electron chi connectivity index (χ3n) is 4.99. The van der Waals surface area contributed by atoms with Gasteiger partial charge >= 0.3 is 12.1 Å². The quantitative estimate of drug-likeness (QED) is 0.357. The van der Waals surface area contributed by atoms with Gasteiger partial charge in [0.05, 0.1) is 18.6 Å². The first-order valence-corrected chi connectivity index (χ1v) is 10.4. The molecule has 1 N–H and O–H groups in total. The highest BCUT2D eigenvalue weighted by molar-refractivity contribution is 5.97. The Bertz CT molecular complexity index is 883. The van der Waals surface area contributed by atoms with Crippen molar-refractivity contribution < 1.29 is 28.4 Å². The van der Waals surface area contributed by atoms with Gasteiger partial charge in [-0.2, -0.15) is 4.57 Å². The second-order valence-corrected chi connectivity index (χ2v) is 7.90. The van der Waals surface area contributed by atoms with E-state index in [0.29, 0.717) is 12.0 Å². The number of nitrogens with zero attached hydrogens (tertiary/aromatic N) is 1. The third kappa shape index (κ3) is 7.85. The minimum Gasteiger partial charge on any atom is -0.469 e. The molecular formula is C24H31N2O5+. The Morgan fingerprint density at radius 2 is 1.74 bits per heavy atom. The number of methoxy groups -OCH3 is 1. The zero-order valence-corrected chi connectivity index (χ0v) is 18.5. The number of alkyl carbamates (subject to hydrolysis) is 1. The van der Waals surface area contributed by atoms with Crippen LogP contribution in [0.1, 0.15) is 43.1 Å². The fraction of sp³-hybridized carbons (Fsp3) is 0.417. The number of carbonyl (C=O) groups is 3. The van der Waals surface area contributed by atoms with Crippen molar-refractivity contribution in [2.45, 2.75) is 46.4 Å². The number of hydrogen-bond donors (Lipinski definition) is 1. The van der Waals surface area contributed by atoms with E-state index in [2.05, 4.69) is 5.32 Å². The lowest BCUT2D eigenvalue weighted by Crippen LogP contribution is -2.41. The van der Waals surface area contributed by atoms with Gasteiger partial charge < -0.3 is 14.8 Å². The summed E-state index contributed by atoms with van der Waals surface area (Å²) in [7, 11) is 1.32. The predicted octanol–water partition coefficient (Wildman–Crippen LogP) is 3.31. The van der Waals surface area contributed by atoms with E-state index < -0.39 is 18.0 Å². The number of Topliss-reactive ketones (excluding diaryl/α,β-unsaturated/α-hetero) is 1. The van der Waals surface area contributed by atoms with Crippen LogP contribution in [0.15, 0.2) is 54.9 Å². The first-order valence-electron chi connectivity index (χ1n) is 10.4. The molecule has 0 saturated carbocycles. The standard InChI is InChI=1S/C24H30N2O5/c1-17(2)21(23(28)30-4)14-22(27)20-11-8-12-26(15-20)16-31-24(29)25-18(3)13-19-9-6-5-7-10-19/h5-12,15,17-18,21H,13-14,16H2,1-4H3/p+1/t18-,21-/m0/s1. The molecule has 2 atom stereocenters. The fourth-order valence-corrected chi connectivity index (χ4v) is 3.22. The van der Waals surface area contributed by atoms with E-state index in [9.17, 15) is 14.4 Å². The van der Waals surface area contributed by atoms with E-state index >= 15 is 0 Å². The summed E-state index contributed by atoms with van der Waals surface area (Å²) >= 11 is 0. The molecule has 1 aromatic carbocycles. The van der Waals surface area contributed by atoms with Gasteiger partial charge in [-0.3, -0.25) is 9.59 Å². The Morgan fingerprint density at radius 3 is 2.39 bits per heavy atom. The zero-order chi connectivity index (χ0) is 22.8. The minimum atomic E-state index is -0.529. The van der Waals surface area contributed by atoms with Crippen LogP contribution in [0.4, 0.5) is 4.79 Å². The molecule has 0 aliphatic heterocycles. The van der Waals surface area contributed by atoms with Gasteiger partial charge in [-0.15, -0.1) is 0 Å². The van der Waals surface area contributed by atoms with Gasteiger partial charge in [-0.25, -0.2) is 4.79 Å². The number of rotatable bonds is 10. The first kappa shape index (κ1) is 24.1. The number of carbonyl (C=O) groups excluding carboxylic acids is 3. The lowest BCUT2D eigenvalue weighted by molar-refractivity contribution is -0.727. The van der Waals surface area contributed by atoms with Crippen molar-refractivity contribution in [1.82, 2.24) is 5.32 Å². The highest BCUT2D eigenvalue weighted by atomic mass is 16.6. The summed E-state index contributed by atoms with van der Waals surface area (Å²) in [6.45, 7) is 5.64. The van der Waals surface area contributed by atoms with E-state index in [0.717, 1.165) is 5.56 Å². The second kappa shape index (κ2) is 11.8. The summed E-state index contributed by atoms with van der Waals surface area (Å²) in [4.78, 5) is 36.7. The van der Waals surface area contributed by atoms with E-state index in [4.69, 9.17) is 9.47 Å². The van der Waals surface area contributed by atoms with Crippen molar-refractivity contribution in [3.8, 4) is 0 Å². The molecule has 1 heterocycles. The van der Waals surface area contributed by atoms with Crippen LogP contribution in [0.2, 0.25) is 0 Å². The molecule has 7 heteroatoms. The van der Waals surface area contributed by atoms with Crippen LogP contribution in [0.5, 0.6) is 0 Å². The van der Waals surface area contributed by atoms with Crippen LogP contribution in [0.3, 0.4) is 0 Å². The van der Waals surface area contributed by atoms with Crippen molar-refractivity contribution in [3.05, 3.63) is 66.0 Å². The number of amides is 1. The van der Waals surface area contributed by atoms with Crippen molar-refractivity contribution in [3.63, 3.8) is 0 Å².